The van der Waals surface area contributed by atoms with Crippen molar-refractivity contribution in [2.75, 3.05) is 5.73 Å². The Morgan fingerprint density at radius 3 is 2.60 bits per heavy atom. The average Bonchev–Trinajstić information content (AvgIpc) is 2.97. The summed E-state index contributed by atoms with van der Waals surface area (Å²) in [5.41, 5.74) is 9.57. The second kappa shape index (κ2) is 4.86. The number of nitriles is 1. The van der Waals surface area contributed by atoms with Crippen LogP contribution in [0.1, 0.15) is 5.56 Å². The Labute approximate surface area is 115 Å². The molecule has 96 valence electrons. The minimum atomic E-state index is 0.534. The molecule has 0 saturated carbocycles. The van der Waals surface area contributed by atoms with E-state index in [0.717, 1.165) is 16.8 Å². The minimum Gasteiger partial charge on any atom is -0.399 e. The highest BCUT2D eigenvalue weighted by molar-refractivity contribution is 5.64. The number of nitrogen functional groups attached to an aromatic ring is 1. The second-order valence-electron chi connectivity index (χ2n) is 4.30. The highest BCUT2D eigenvalue weighted by Crippen LogP contribution is 2.21. The summed E-state index contributed by atoms with van der Waals surface area (Å²) < 4.78 is 1.65. The Morgan fingerprint density at radius 1 is 1.05 bits per heavy atom. The van der Waals surface area contributed by atoms with E-state index in [1.165, 1.54) is 0 Å². The van der Waals surface area contributed by atoms with Gasteiger partial charge < -0.3 is 5.73 Å². The van der Waals surface area contributed by atoms with Crippen molar-refractivity contribution < 1.29 is 0 Å². The average molecular weight is 261 g/mol. The van der Waals surface area contributed by atoms with Gasteiger partial charge in [-0.3, -0.25) is 4.98 Å². The maximum absolute atomic E-state index is 9.10. The Bertz CT molecular complexity index is 781. The third kappa shape index (κ3) is 2.10. The molecule has 0 atom stereocenters. The largest absolute Gasteiger partial charge is 0.399 e. The molecule has 0 aliphatic heterocycles. The van der Waals surface area contributed by atoms with E-state index < -0.39 is 0 Å². The molecule has 0 spiro atoms. The standard InChI is InChI=1S/C15H11N5/c16-7-12-5-6-18-9-15(12)20-10-13(8-19-20)11-1-3-14(17)4-2-11/h1-6,8-10H,17H2. The number of nitrogens with two attached hydrogens (primary N) is 1. The van der Waals surface area contributed by atoms with Crippen molar-refractivity contribution in [3.63, 3.8) is 0 Å². The predicted molar refractivity (Wildman–Crippen MR) is 75.9 cm³/mol. The number of hydrogen-bond donors (Lipinski definition) is 1. The van der Waals surface area contributed by atoms with E-state index in [2.05, 4.69) is 16.2 Å². The van der Waals surface area contributed by atoms with Crippen LogP contribution in [0.15, 0.2) is 55.1 Å². The number of hydrogen-bond acceptors (Lipinski definition) is 4. The summed E-state index contributed by atoms with van der Waals surface area (Å²) in [5.74, 6) is 0. The Hall–Kier alpha value is -3.13. The molecule has 0 fully saturated rings. The van der Waals surface area contributed by atoms with Gasteiger partial charge in [-0.15, -0.1) is 0 Å². The van der Waals surface area contributed by atoms with Gasteiger partial charge in [0.1, 0.15) is 11.8 Å². The number of aromatic nitrogens is 3. The van der Waals surface area contributed by atoms with Crippen LogP contribution in [0.2, 0.25) is 0 Å². The van der Waals surface area contributed by atoms with Crippen LogP contribution in [0.4, 0.5) is 5.69 Å². The highest BCUT2D eigenvalue weighted by atomic mass is 15.3. The van der Waals surface area contributed by atoms with Crippen LogP contribution < -0.4 is 5.73 Å². The van der Waals surface area contributed by atoms with Crippen molar-refractivity contribution >= 4 is 5.69 Å². The molecule has 2 heterocycles. The lowest BCUT2D eigenvalue weighted by molar-refractivity contribution is 0.870. The van der Waals surface area contributed by atoms with Crippen LogP contribution in [0.3, 0.4) is 0 Å². The Balaban J connectivity index is 2.02. The quantitative estimate of drug-likeness (QED) is 0.718. The van der Waals surface area contributed by atoms with Gasteiger partial charge in [-0.2, -0.15) is 10.4 Å². The van der Waals surface area contributed by atoms with Gasteiger partial charge in [0.05, 0.1) is 18.0 Å². The van der Waals surface area contributed by atoms with Gasteiger partial charge in [0.25, 0.3) is 0 Å². The summed E-state index contributed by atoms with van der Waals surface area (Å²) in [6.07, 6.45) is 6.83. The zero-order chi connectivity index (χ0) is 13.9. The molecule has 1 aromatic carbocycles. The van der Waals surface area contributed by atoms with Gasteiger partial charge in [0.15, 0.2) is 0 Å². The van der Waals surface area contributed by atoms with Crippen LogP contribution >= 0.6 is 0 Å². The first-order valence-electron chi connectivity index (χ1n) is 6.03. The Morgan fingerprint density at radius 2 is 1.85 bits per heavy atom. The van der Waals surface area contributed by atoms with Gasteiger partial charge in [-0.25, -0.2) is 4.68 Å². The van der Waals surface area contributed by atoms with Gasteiger partial charge in [0, 0.05) is 23.6 Å². The molecular weight excluding hydrogens is 250 g/mol. The fraction of sp³-hybridized carbons (Fsp3) is 0. The topological polar surface area (TPSA) is 80.5 Å². The highest BCUT2D eigenvalue weighted by Gasteiger charge is 2.07. The summed E-state index contributed by atoms with van der Waals surface area (Å²) in [4.78, 5) is 4.03. The smallest absolute Gasteiger partial charge is 0.102 e. The third-order valence-corrected chi connectivity index (χ3v) is 2.99. The molecule has 2 N–H and O–H groups in total. The molecule has 0 bridgehead atoms. The third-order valence-electron chi connectivity index (χ3n) is 2.99. The predicted octanol–water partition coefficient (Wildman–Crippen LogP) is 2.39. The summed E-state index contributed by atoms with van der Waals surface area (Å²) in [6.45, 7) is 0. The molecule has 5 heteroatoms. The van der Waals surface area contributed by atoms with E-state index >= 15 is 0 Å². The molecule has 3 aromatic rings. The van der Waals surface area contributed by atoms with Crippen molar-refractivity contribution in [2.45, 2.75) is 0 Å². The first-order chi connectivity index (χ1) is 9.78. The first kappa shape index (κ1) is 11.9. The normalized spacial score (nSPS) is 10.2. The molecule has 3 rings (SSSR count). The maximum Gasteiger partial charge on any atom is 0.102 e. The number of nitrogens with zero attached hydrogens (tertiary/aromatic N) is 4. The van der Waals surface area contributed by atoms with Crippen molar-refractivity contribution in [3.05, 3.63) is 60.7 Å². The van der Waals surface area contributed by atoms with Crippen LogP contribution in [0.25, 0.3) is 16.8 Å². The van der Waals surface area contributed by atoms with Crippen molar-refractivity contribution in [3.8, 4) is 22.9 Å². The van der Waals surface area contributed by atoms with Gasteiger partial charge in [-0.05, 0) is 23.8 Å². The first-order valence-corrected chi connectivity index (χ1v) is 6.03. The van der Waals surface area contributed by atoms with Gasteiger partial charge in [-0.1, -0.05) is 12.1 Å². The fourth-order valence-electron chi connectivity index (χ4n) is 1.94. The van der Waals surface area contributed by atoms with Crippen molar-refractivity contribution in [1.82, 2.24) is 14.8 Å². The molecule has 0 saturated heterocycles. The molecule has 20 heavy (non-hydrogen) atoms. The van der Waals surface area contributed by atoms with Crippen molar-refractivity contribution in [1.29, 1.82) is 5.26 Å². The summed E-state index contributed by atoms with van der Waals surface area (Å²) in [6, 6.07) is 11.4. The van der Waals surface area contributed by atoms with Gasteiger partial charge in [0.2, 0.25) is 0 Å². The Kier molecular flexibility index (Phi) is 2.90. The lowest BCUT2D eigenvalue weighted by atomic mass is 10.1. The summed E-state index contributed by atoms with van der Waals surface area (Å²) >= 11 is 0. The van der Waals surface area contributed by atoms with E-state index in [0.29, 0.717) is 11.3 Å². The zero-order valence-corrected chi connectivity index (χ0v) is 10.6. The van der Waals surface area contributed by atoms with Gasteiger partial charge >= 0.3 is 0 Å². The van der Waals surface area contributed by atoms with E-state index in [-0.39, 0.29) is 0 Å². The van der Waals surface area contributed by atoms with E-state index in [1.54, 1.807) is 29.3 Å². The molecule has 2 aromatic heterocycles. The molecule has 0 aliphatic carbocycles. The van der Waals surface area contributed by atoms with E-state index in [9.17, 15) is 0 Å². The fourth-order valence-corrected chi connectivity index (χ4v) is 1.94. The van der Waals surface area contributed by atoms with Crippen LogP contribution in [-0.4, -0.2) is 14.8 Å². The molecule has 0 aliphatic rings. The molecule has 5 nitrogen and oxygen atoms in total. The minimum absolute atomic E-state index is 0.534. The number of anilines is 1. The van der Waals surface area contributed by atoms with Crippen LogP contribution in [0, 0.1) is 11.3 Å². The summed E-state index contributed by atoms with van der Waals surface area (Å²) in [5, 5.41) is 13.4. The maximum atomic E-state index is 9.10. The lowest BCUT2D eigenvalue weighted by Gasteiger charge is -2.02. The van der Waals surface area contributed by atoms with E-state index in [4.69, 9.17) is 11.0 Å². The molecule has 0 unspecified atom stereocenters. The SMILES string of the molecule is N#Cc1ccncc1-n1cc(-c2ccc(N)cc2)cn1. The molecule has 0 amide bonds. The van der Waals surface area contributed by atoms with Crippen molar-refractivity contribution in [2.24, 2.45) is 0 Å². The van der Waals surface area contributed by atoms with E-state index in [1.807, 2.05) is 30.5 Å². The number of pyridine rings is 1. The number of rotatable bonds is 2. The second-order valence-corrected chi connectivity index (χ2v) is 4.30. The lowest BCUT2D eigenvalue weighted by Crippen LogP contribution is -1.98. The molecular formula is C15H11N5. The number of benzene rings is 1. The van der Waals surface area contributed by atoms with Crippen LogP contribution in [0.5, 0.6) is 0 Å². The summed E-state index contributed by atoms with van der Waals surface area (Å²) in [7, 11) is 0. The van der Waals surface area contributed by atoms with Crippen LogP contribution in [-0.2, 0) is 0 Å². The zero-order valence-electron chi connectivity index (χ0n) is 10.6. The molecule has 0 radical (unpaired) electrons. The monoisotopic (exact) mass is 261 g/mol.